The van der Waals surface area contributed by atoms with Crippen molar-refractivity contribution in [2.24, 2.45) is 5.84 Å². The first-order valence-corrected chi connectivity index (χ1v) is 5.61. The van der Waals surface area contributed by atoms with Gasteiger partial charge in [-0.2, -0.15) is 0 Å². The second-order valence-corrected chi connectivity index (χ2v) is 4.76. The van der Waals surface area contributed by atoms with E-state index < -0.39 is 9.84 Å². The summed E-state index contributed by atoms with van der Waals surface area (Å²) < 4.78 is 23.0. The van der Waals surface area contributed by atoms with Crippen molar-refractivity contribution in [2.75, 3.05) is 5.88 Å². The molecule has 4 N–H and O–H groups in total. The minimum Gasteiger partial charge on any atom is -0.392 e. The molecule has 78 valence electrons. The van der Waals surface area contributed by atoms with Gasteiger partial charge in [-0.05, 0) is 17.7 Å². The van der Waals surface area contributed by atoms with Gasteiger partial charge in [0.25, 0.3) is 0 Å². The molecule has 1 aromatic rings. The van der Waals surface area contributed by atoms with Crippen molar-refractivity contribution >= 4 is 9.84 Å². The molecular formula is C8H12N2O3S. The number of hydrazine groups is 1. The smallest absolute Gasteiger partial charge is 0.192 e. The summed E-state index contributed by atoms with van der Waals surface area (Å²) in [7, 11) is -3.39. The Hall–Kier alpha value is -0.950. The van der Waals surface area contributed by atoms with Crippen molar-refractivity contribution in [1.82, 2.24) is 5.43 Å². The van der Waals surface area contributed by atoms with Gasteiger partial charge in [-0.3, -0.25) is 5.84 Å². The van der Waals surface area contributed by atoms with Gasteiger partial charge in [0.15, 0.2) is 9.84 Å². The Labute approximate surface area is 82.4 Å². The predicted octanol–water partition coefficient (Wildman–Crippen LogP) is -0.627. The molecule has 0 radical (unpaired) electrons. The number of hydrogen-bond acceptors (Lipinski definition) is 5. The summed E-state index contributed by atoms with van der Waals surface area (Å²) in [5, 5.41) is 8.82. The summed E-state index contributed by atoms with van der Waals surface area (Å²) in [6.07, 6.45) is 0. The van der Waals surface area contributed by atoms with Gasteiger partial charge in [-0.15, -0.1) is 0 Å². The first-order valence-electron chi connectivity index (χ1n) is 3.96. The molecule has 0 saturated carbocycles. The fraction of sp³-hybridized carbons (Fsp3) is 0.250. The molecule has 0 aliphatic carbocycles. The Kier molecular flexibility index (Phi) is 3.59. The van der Waals surface area contributed by atoms with Crippen LogP contribution in [0, 0.1) is 0 Å². The van der Waals surface area contributed by atoms with Crippen LogP contribution in [-0.2, 0) is 16.4 Å². The number of rotatable bonds is 4. The van der Waals surface area contributed by atoms with Crippen LogP contribution in [0.15, 0.2) is 29.2 Å². The lowest BCUT2D eigenvalue weighted by Crippen LogP contribution is -2.29. The maximum atomic E-state index is 11.5. The van der Waals surface area contributed by atoms with Crippen molar-refractivity contribution in [3.8, 4) is 0 Å². The van der Waals surface area contributed by atoms with Crippen LogP contribution in [0.2, 0.25) is 0 Å². The standard InChI is InChI=1S/C8H12N2O3S/c9-10-6-14(12,13)8-3-1-2-7(4-8)5-11/h1-4,10-11H,5-6,9H2. The van der Waals surface area contributed by atoms with E-state index in [0.717, 1.165) is 0 Å². The van der Waals surface area contributed by atoms with Gasteiger partial charge in [-0.25, -0.2) is 13.8 Å². The van der Waals surface area contributed by atoms with Crippen molar-refractivity contribution < 1.29 is 13.5 Å². The van der Waals surface area contributed by atoms with Gasteiger partial charge in [0, 0.05) is 0 Å². The van der Waals surface area contributed by atoms with Crippen molar-refractivity contribution in [3.05, 3.63) is 29.8 Å². The summed E-state index contributed by atoms with van der Waals surface area (Å²) in [4.78, 5) is 0.155. The zero-order valence-corrected chi connectivity index (χ0v) is 8.29. The van der Waals surface area contributed by atoms with Crippen molar-refractivity contribution in [2.45, 2.75) is 11.5 Å². The molecular weight excluding hydrogens is 204 g/mol. The molecule has 0 aliphatic rings. The lowest BCUT2D eigenvalue weighted by molar-refractivity contribution is 0.281. The van der Waals surface area contributed by atoms with Crippen LogP contribution in [-0.4, -0.2) is 19.4 Å². The van der Waals surface area contributed by atoms with E-state index in [-0.39, 0.29) is 17.4 Å². The van der Waals surface area contributed by atoms with Crippen LogP contribution < -0.4 is 11.3 Å². The molecule has 0 atom stereocenters. The Morgan fingerprint density at radius 3 is 2.71 bits per heavy atom. The van der Waals surface area contributed by atoms with E-state index in [1.54, 1.807) is 12.1 Å². The highest BCUT2D eigenvalue weighted by atomic mass is 32.2. The quantitative estimate of drug-likeness (QED) is 0.460. The SMILES string of the molecule is NNCS(=O)(=O)c1cccc(CO)c1. The molecule has 5 nitrogen and oxygen atoms in total. The number of nitrogens with one attached hydrogen (secondary N) is 1. The number of benzene rings is 1. The number of sulfone groups is 1. The Morgan fingerprint density at radius 2 is 2.14 bits per heavy atom. The van der Waals surface area contributed by atoms with Crippen molar-refractivity contribution in [1.29, 1.82) is 0 Å². The maximum Gasteiger partial charge on any atom is 0.192 e. The first kappa shape index (κ1) is 11.1. The van der Waals surface area contributed by atoms with Crippen molar-refractivity contribution in [3.63, 3.8) is 0 Å². The molecule has 0 aromatic heterocycles. The molecule has 0 heterocycles. The summed E-state index contributed by atoms with van der Waals surface area (Å²) in [5.41, 5.74) is 2.65. The lowest BCUT2D eigenvalue weighted by atomic mass is 10.2. The molecule has 0 saturated heterocycles. The first-order chi connectivity index (χ1) is 6.60. The van der Waals surface area contributed by atoms with E-state index in [0.29, 0.717) is 5.56 Å². The summed E-state index contributed by atoms with van der Waals surface area (Å²) in [5.74, 6) is 4.63. The highest BCUT2D eigenvalue weighted by Crippen LogP contribution is 2.12. The number of aliphatic hydroxyl groups is 1. The largest absolute Gasteiger partial charge is 0.392 e. The van der Waals surface area contributed by atoms with Gasteiger partial charge < -0.3 is 5.11 Å². The van der Waals surface area contributed by atoms with Crippen LogP contribution in [0.1, 0.15) is 5.56 Å². The zero-order chi connectivity index (χ0) is 10.6. The second kappa shape index (κ2) is 4.52. The van der Waals surface area contributed by atoms with Gasteiger partial charge in [-0.1, -0.05) is 12.1 Å². The summed E-state index contributed by atoms with van der Waals surface area (Å²) in [6.45, 7) is -0.181. The molecule has 6 heteroatoms. The van der Waals surface area contributed by atoms with Crippen LogP contribution in [0.25, 0.3) is 0 Å². The molecule has 0 spiro atoms. The highest BCUT2D eigenvalue weighted by molar-refractivity contribution is 7.91. The van der Waals surface area contributed by atoms with Gasteiger partial charge in [0.1, 0.15) is 5.88 Å². The molecule has 0 bridgehead atoms. The summed E-state index contributed by atoms with van der Waals surface area (Å²) >= 11 is 0. The lowest BCUT2D eigenvalue weighted by Gasteiger charge is -2.04. The third kappa shape index (κ3) is 2.52. The topological polar surface area (TPSA) is 92.4 Å². The predicted molar refractivity (Wildman–Crippen MR) is 51.7 cm³/mol. The van der Waals surface area contributed by atoms with Crippen LogP contribution in [0.4, 0.5) is 0 Å². The van der Waals surface area contributed by atoms with Gasteiger partial charge in [0.05, 0.1) is 11.5 Å². The van der Waals surface area contributed by atoms with Gasteiger partial charge >= 0.3 is 0 Å². The fourth-order valence-electron chi connectivity index (χ4n) is 1.03. The molecule has 0 amide bonds. The molecule has 1 rings (SSSR count). The number of nitrogens with two attached hydrogens (primary N) is 1. The fourth-order valence-corrected chi connectivity index (χ4v) is 2.03. The van der Waals surface area contributed by atoms with Crippen LogP contribution in [0.5, 0.6) is 0 Å². The Balaban J connectivity index is 3.07. The Bertz CT molecular complexity index is 403. The monoisotopic (exact) mass is 216 g/mol. The van der Waals surface area contributed by atoms with E-state index in [1.807, 2.05) is 0 Å². The molecule has 0 fully saturated rings. The second-order valence-electron chi connectivity index (χ2n) is 2.77. The van der Waals surface area contributed by atoms with E-state index in [4.69, 9.17) is 10.9 Å². The molecule has 14 heavy (non-hydrogen) atoms. The zero-order valence-electron chi connectivity index (χ0n) is 7.47. The number of aliphatic hydroxyl groups excluding tert-OH is 1. The van der Waals surface area contributed by atoms with E-state index in [9.17, 15) is 8.42 Å². The normalized spacial score (nSPS) is 11.6. The highest BCUT2D eigenvalue weighted by Gasteiger charge is 2.12. The van der Waals surface area contributed by atoms with E-state index >= 15 is 0 Å². The third-order valence-corrected chi connectivity index (χ3v) is 3.23. The summed E-state index contributed by atoms with van der Waals surface area (Å²) in [6, 6.07) is 6.11. The average Bonchev–Trinajstić information content (AvgIpc) is 2.18. The molecule has 1 aromatic carbocycles. The third-order valence-electron chi connectivity index (χ3n) is 1.71. The van der Waals surface area contributed by atoms with Crippen LogP contribution in [0.3, 0.4) is 0 Å². The molecule has 0 unspecified atom stereocenters. The molecule has 0 aliphatic heterocycles. The minimum atomic E-state index is -3.39. The average molecular weight is 216 g/mol. The van der Waals surface area contributed by atoms with Crippen LogP contribution >= 0.6 is 0 Å². The Morgan fingerprint density at radius 1 is 1.43 bits per heavy atom. The number of hydrogen-bond donors (Lipinski definition) is 3. The van der Waals surface area contributed by atoms with E-state index in [2.05, 4.69) is 5.43 Å². The maximum absolute atomic E-state index is 11.5. The van der Waals surface area contributed by atoms with E-state index in [1.165, 1.54) is 12.1 Å². The minimum absolute atomic E-state index is 0.155. The van der Waals surface area contributed by atoms with Gasteiger partial charge in [0.2, 0.25) is 0 Å².